The van der Waals surface area contributed by atoms with Crippen LogP contribution >= 0.6 is 0 Å². The SMILES string of the molecule is O=C(O)CCC(Cc1ccccc1)NC(=O)Nc1ccc(OC2CCOC2)cc1. The van der Waals surface area contributed by atoms with E-state index in [-0.39, 0.29) is 24.6 Å². The lowest BCUT2D eigenvalue weighted by Crippen LogP contribution is -2.39. The maximum Gasteiger partial charge on any atom is 0.319 e. The van der Waals surface area contributed by atoms with Crippen molar-refractivity contribution in [2.45, 2.75) is 37.8 Å². The zero-order valence-corrected chi connectivity index (χ0v) is 16.2. The molecule has 1 fully saturated rings. The number of carboxylic acid groups (broad SMARTS) is 1. The van der Waals surface area contributed by atoms with Crippen molar-refractivity contribution in [1.29, 1.82) is 0 Å². The van der Waals surface area contributed by atoms with Crippen molar-refractivity contribution in [1.82, 2.24) is 5.32 Å². The standard InChI is InChI=1S/C22H26N2O5/c25-21(26)11-8-18(14-16-4-2-1-3-5-16)24-22(27)23-17-6-9-19(10-7-17)29-20-12-13-28-15-20/h1-7,9-10,18,20H,8,11-15H2,(H,25,26)(H2,23,24,27). The topological polar surface area (TPSA) is 96.9 Å². The summed E-state index contributed by atoms with van der Waals surface area (Å²) in [4.78, 5) is 23.3. The molecule has 1 aliphatic rings. The Hall–Kier alpha value is -3.06. The predicted octanol–water partition coefficient (Wildman–Crippen LogP) is 3.45. The van der Waals surface area contributed by atoms with E-state index in [4.69, 9.17) is 14.6 Å². The van der Waals surface area contributed by atoms with Crippen LogP contribution in [0.15, 0.2) is 54.6 Å². The number of amides is 2. The van der Waals surface area contributed by atoms with E-state index in [9.17, 15) is 9.59 Å². The van der Waals surface area contributed by atoms with Crippen LogP contribution in [0.5, 0.6) is 5.75 Å². The molecule has 29 heavy (non-hydrogen) atoms. The van der Waals surface area contributed by atoms with Gasteiger partial charge in [0.05, 0.1) is 13.2 Å². The molecular formula is C22H26N2O5. The minimum absolute atomic E-state index is 0.00526. The van der Waals surface area contributed by atoms with E-state index in [1.165, 1.54) is 0 Å². The molecule has 7 nitrogen and oxygen atoms in total. The van der Waals surface area contributed by atoms with Crippen LogP contribution in [0.25, 0.3) is 0 Å². The van der Waals surface area contributed by atoms with Crippen LogP contribution in [0.2, 0.25) is 0 Å². The predicted molar refractivity (Wildman–Crippen MR) is 109 cm³/mol. The summed E-state index contributed by atoms with van der Waals surface area (Å²) in [6, 6.07) is 16.2. The summed E-state index contributed by atoms with van der Waals surface area (Å²) in [7, 11) is 0. The molecule has 0 aromatic heterocycles. The van der Waals surface area contributed by atoms with Crippen LogP contribution in [0.3, 0.4) is 0 Å². The lowest BCUT2D eigenvalue weighted by molar-refractivity contribution is -0.137. The van der Waals surface area contributed by atoms with Gasteiger partial charge >= 0.3 is 12.0 Å². The second kappa shape index (κ2) is 10.5. The molecule has 2 unspecified atom stereocenters. The third kappa shape index (κ3) is 7.12. The smallest absolute Gasteiger partial charge is 0.319 e. The van der Waals surface area contributed by atoms with Gasteiger partial charge in [-0.1, -0.05) is 30.3 Å². The van der Waals surface area contributed by atoms with Crippen molar-refractivity contribution in [3.8, 4) is 5.75 Å². The van der Waals surface area contributed by atoms with E-state index >= 15 is 0 Å². The number of rotatable bonds is 9. The zero-order valence-electron chi connectivity index (χ0n) is 16.2. The van der Waals surface area contributed by atoms with E-state index in [0.29, 0.717) is 25.1 Å². The Kier molecular flexibility index (Phi) is 7.47. The Morgan fingerprint density at radius 3 is 2.55 bits per heavy atom. The fraction of sp³-hybridized carbons (Fsp3) is 0.364. The Morgan fingerprint density at radius 2 is 1.90 bits per heavy atom. The molecule has 154 valence electrons. The van der Waals surface area contributed by atoms with E-state index in [0.717, 1.165) is 24.3 Å². The minimum atomic E-state index is -0.881. The molecule has 1 heterocycles. The number of aliphatic carboxylic acids is 1. The van der Waals surface area contributed by atoms with Gasteiger partial charge in [-0.2, -0.15) is 0 Å². The molecule has 2 aromatic carbocycles. The van der Waals surface area contributed by atoms with Gasteiger partial charge in [-0.25, -0.2) is 4.79 Å². The van der Waals surface area contributed by atoms with Crippen molar-refractivity contribution in [3.05, 3.63) is 60.2 Å². The number of nitrogens with one attached hydrogen (secondary N) is 2. The number of urea groups is 1. The largest absolute Gasteiger partial charge is 0.488 e. The summed E-state index contributed by atoms with van der Waals surface area (Å²) in [6.07, 6.45) is 1.87. The summed E-state index contributed by atoms with van der Waals surface area (Å²) >= 11 is 0. The highest BCUT2D eigenvalue weighted by Crippen LogP contribution is 2.19. The van der Waals surface area contributed by atoms with E-state index < -0.39 is 5.97 Å². The number of carbonyl (C=O) groups is 2. The van der Waals surface area contributed by atoms with E-state index in [1.54, 1.807) is 24.3 Å². The number of benzene rings is 2. The second-order valence-corrected chi connectivity index (χ2v) is 7.05. The first-order chi connectivity index (χ1) is 14.1. The van der Waals surface area contributed by atoms with Gasteiger partial charge in [0.1, 0.15) is 11.9 Å². The quantitative estimate of drug-likeness (QED) is 0.601. The lowest BCUT2D eigenvalue weighted by atomic mass is 10.0. The molecule has 2 aromatic rings. The molecule has 0 radical (unpaired) electrons. The highest BCUT2D eigenvalue weighted by molar-refractivity contribution is 5.89. The fourth-order valence-corrected chi connectivity index (χ4v) is 3.19. The van der Waals surface area contributed by atoms with Gasteiger partial charge in [-0.3, -0.25) is 4.79 Å². The monoisotopic (exact) mass is 398 g/mol. The summed E-state index contributed by atoms with van der Waals surface area (Å²) in [5.74, 6) is -0.150. The molecule has 2 atom stereocenters. The number of carboxylic acids is 1. The van der Waals surface area contributed by atoms with Gasteiger partial charge in [0.15, 0.2) is 0 Å². The van der Waals surface area contributed by atoms with E-state index in [1.807, 2.05) is 30.3 Å². The zero-order chi connectivity index (χ0) is 20.5. The van der Waals surface area contributed by atoms with Crippen LogP contribution in [-0.2, 0) is 16.0 Å². The van der Waals surface area contributed by atoms with Gasteiger partial charge in [0, 0.05) is 24.6 Å². The van der Waals surface area contributed by atoms with Crippen molar-refractivity contribution >= 4 is 17.7 Å². The van der Waals surface area contributed by atoms with Gasteiger partial charge < -0.3 is 25.2 Å². The Balaban J connectivity index is 1.53. The van der Waals surface area contributed by atoms with Gasteiger partial charge in [-0.05, 0) is 42.7 Å². The average Bonchev–Trinajstić information content (AvgIpc) is 3.21. The van der Waals surface area contributed by atoms with Crippen LogP contribution in [0.1, 0.15) is 24.8 Å². The Labute approximate surface area is 170 Å². The molecule has 0 aliphatic carbocycles. The maximum absolute atomic E-state index is 12.4. The number of ether oxygens (including phenoxy) is 2. The molecule has 0 spiro atoms. The molecule has 0 bridgehead atoms. The highest BCUT2D eigenvalue weighted by Gasteiger charge is 2.17. The van der Waals surface area contributed by atoms with Crippen molar-refractivity contribution in [3.63, 3.8) is 0 Å². The first-order valence-corrected chi connectivity index (χ1v) is 9.76. The molecule has 0 saturated carbocycles. The lowest BCUT2D eigenvalue weighted by Gasteiger charge is -2.19. The average molecular weight is 398 g/mol. The van der Waals surface area contributed by atoms with E-state index in [2.05, 4.69) is 10.6 Å². The third-order valence-electron chi connectivity index (χ3n) is 4.67. The summed E-state index contributed by atoms with van der Waals surface area (Å²) < 4.78 is 11.1. The van der Waals surface area contributed by atoms with Gasteiger partial charge in [0.25, 0.3) is 0 Å². The molecular weight excluding hydrogens is 372 g/mol. The fourth-order valence-electron chi connectivity index (χ4n) is 3.19. The van der Waals surface area contributed by atoms with Crippen LogP contribution in [0.4, 0.5) is 10.5 Å². The normalized spacial score (nSPS) is 16.8. The third-order valence-corrected chi connectivity index (χ3v) is 4.67. The molecule has 3 rings (SSSR count). The molecule has 2 amide bonds. The highest BCUT2D eigenvalue weighted by atomic mass is 16.5. The molecule has 1 aliphatic heterocycles. The summed E-state index contributed by atoms with van der Waals surface area (Å²) in [5.41, 5.74) is 1.68. The molecule has 3 N–H and O–H groups in total. The van der Waals surface area contributed by atoms with Crippen LogP contribution < -0.4 is 15.4 Å². The van der Waals surface area contributed by atoms with Crippen molar-refractivity contribution < 1.29 is 24.2 Å². The number of anilines is 1. The van der Waals surface area contributed by atoms with Gasteiger partial charge in [0.2, 0.25) is 0 Å². The first kappa shape index (κ1) is 20.7. The molecule has 7 heteroatoms. The second-order valence-electron chi connectivity index (χ2n) is 7.05. The first-order valence-electron chi connectivity index (χ1n) is 9.76. The van der Waals surface area contributed by atoms with Gasteiger partial charge in [-0.15, -0.1) is 0 Å². The minimum Gasteiger partial charge on any atom is -0.488 e. The Bertz CT molecular complexity index is 789. The maximum atomic E-state index is 12.4. The van der Waals surface area contributed by atoms with Crippen LogP contribution in [-0.4, -0.2) is 42.5 Å². The van der Waals surface area contributed by atoms with Crippen molar-refractivity contribution in [2.24, 2.45) is 0 Å². The summed E-state index contributed by atoms with van der Waals surface area (Å²) in [5, 5.41) is 14.6. The Morgan fingerprint density at radius 1 is 1.14 bits per heavy atom. The number of hydrogen-bond acceptors (Lipinski definition) is 4. The summed E-state index contributed by atoms with van der Waals surface area (Å²) in [6.45, 7) is 1.32. The van der Waals surface area contributed by atoms with Crippen molar-refractivity contribution in [2.75, 3.05) is 18.5 Å². The van der Waals surface area contributed by atoms with Crippen LogP contribution in [0, 0.1) is 0 Å². The number of carbonyl (C=O) groups excluding carboxylic acids is 1. The number of hydrogen-bond donors (Lipinski definition) is 3. The molecule has 1 saturated heterocycles.